The van der Waals surface area contributed by atoms with Crippen LogP contribution < -0.4 is 16.8 Å². The molecule has 0 aliphatic heterocycles. The van der Waals surface area contributed by atoms with Gasteiger partial charge in [0.05, 0.1) is 11.0 Å². The van der Waals surface area contributed by atoms with Gasteiger partial charge in [-0.3, -0.25) is 4.79 Å². The van der Waals surface area contributed by atoms with Gasteiger partial charge in [-0.25, -0.2) is 0 Å². The zero-order valence-corrected chi connectivity index (χ0v) is 19.4. The maximum atomic E-state index is 12.3. The van der Waals surface area contributed by atoms with Gasteiger partial charge in [0, 0.05) is 39.8 Å². The van der Waals surface area contributed by atoms with Crippen molar-refractivity contribution in [2.45, 2.75) is 27.3 Å². The lowest BCUT2D eigenvalue weighted by Gasteiger charge is -2.18. The number of hydrogen-bond donors (Lipinski definition) is 3. The third-order valence-corrected chi connectivity index (χ3v) is 5.12. The average molecular weight is 459 g/mol. The normalized spacial score (nSPS) is 11.1. The van der Waals surface area contributed by atoms with E-state index in [0.717, 1.165) is 44.4 Å². The van der Waals surface area contributed by atoms with E-state index in [1.165, 1.54) is 0 Å². The molecule has 0 aliphatic carbocycles. The number of amides is 1. The van der Waals surface area contributed by atoms with Gasteiger partial charge < -0.3 is 21.4 Å². The summed E-state index contributed by atoms with van der Waals surface area (Å²) in [6, 6.07) is 19.9. The fourth-order valence-corrected chi connectivity index (χ4v) is 3.55. The molecule has 0 fully saturated rings. The van der Waals surface area contributed by atoms with E-state index < -0.39 is 5.41 Å². The van der Waals surface area contributed by atoms with Crippen molar-refractivity contribution < 1.29 is 4.79 Å². The molecule has 3 aromatic carbocycles. The highest BCUT2D eigenvalue weighted by molar-refractivity contribution is 6.09. The summed E-state index contributed by atoms with van der Waals surface area (Å²) in [7, 11) is 0. The standard InChI is InChI=1S/C24H26N4O.2ClH/c1-24(2,3)23(29)27-18-6-4-5-15(11-18)14-28-21-12-16(25)7-9-19(21)20-10-8-17(26)13-22(20)28;;/h4-13H,14,25-26H2,1-3H3,(H,27,29);2*1H. The zero-order chi connectivity index (χ0) is 20.8. The molecule has 0 unspecified atom stereocenters. The SMILES string of the molecule is CC(C)(C)C(=O)Nc1cccc(Cn2c3cc(N)ccc3c3ccc(N)cc32)c1.Cl.Cl. The molecule has 4 aromatic rings. The summed E-state index contributed by atoms with van der Waals surface area (Å²) in [6.45, 7) is 6.35. The minimum Gasteiger partial charge on any atom is -0.399 e. The summed E-state index contributed by atoms with van der Waals surface area (Å²) in [5.74, 6) is -0.00735. The van der Waals surface area contributed by atoms with Crippen molar-refractivity contribution in [1.29, 1.82) is 0 Å². The van der Waals surface area contributed by atoms with E-state index in [-0.39, 0.29) is 30.7 Å². The molecule has 1 amide bonds. The number of nitrogen functional groups attached to an aromatic ring is 2. The van der Waals surface area contributed by atoms with Crippen LogP contribution in [-0.2, 0) is 11.3 Å². The highest BCUT2D eigenvalue weighted by atomic mass is 35.5. The minimum atomic E-state index is -0.447. The second-order valence-corrected chi connectivity index (χ2v) is 8.54. The Morgan fingerprint density at radius 1 is 0.871 bits per heavy atom. The van der Waals surface area contributed by atoms with Crippen LogP contribution in [0, 0.1) is 5.41 Å². The lowest BCUT2D eigenvalue weighted by atomic mass is 9.95. The molecule has 1 heterocycles. The number of carbonyl (C=O) groups is 1. The summed E-state index contributed by atoms with van der Waals surface area (Å²) in [6.07, 6.45) is 0. The maximum Gasteiger partial charge on any atom is 0.229 e. The Labute approximate surface area is 194 Å². The summed E-state index contributed by atoms with van der Waals surface area (Å²) < 4.78 is 2.22. The molecule has 0 saturated carbocycles. The lowest BCUT2D eigenvalue weighted by molar-refractivity contribution is -0.123. The lowest BCUT2D eigenvalue weighted by Crippen LogP contribution is -2.27. The van der Waals surface area contributed by atoms with Crippen LogP contribution in [0.1, 0.15) is 26.3 Å². The monoisotopic (exact) mass is 458 g/mol. The van der Waals surface area contributed by atoms with Crippen LogP contribution in [0.2, 0.25) is 0 Å². The van der Waals surface area contributed by atoms with Crippen LogP contribution in [-0.4, -0.2) is 10.5 Å². The number of benzene rings is 3. The molecule has 7 heteroatoms. The number of hydrogen-bond acceptors (Lipinski definition) is 3. The van der Waals surface area contributed by atoms with Gasteiger partial charge in [0.15, 0.2) is 0 Å². The molecular formula is C24H28Cl2N4O. The Hall–Kier alpha value is -2.89. The molecule has 31 heavy (non-hydrogen) atoms. The quantitative estimate of drug-likeness (QED) is 0.337. The van der Waals surface area contributed by atoms with Gasteiger partial charge in [-0.1, -0.05) is 45.0 Å². The number of fused-ring (bicyclic) bond motifs is 3. The number of halogens is 2. The number of nitrogens with zero attached hydrogens (tertiary/aromatic N) is 1. The van der Waals surface area contributed by atoms with E-state index in [4.69, 9.17) is 11.5 Å². The smallest absolute Gasteiger partial charge is 0.229 e. The Bertz CT molecular complexity index is 1180. The van der Waals surface area contributed by atoms with Crippen molar-refractivity contribution in [2.75, 3.05) is 16.8 Å². The van der Waals surface area contributed by atoms with Crippen LogP contribution in [0.3, 0.4) is 0 Å². The molecule has 5 N–H and O–H groups in total. The molecule has 0 atom stereocenters. The molecule has 4 rings (SSSR count). The van der Waals surface area contributed by atoms with E-state index in [0.29, 0.717) is 6.54 Å². The van der Waals surface area contributed by atoms with Gasteiger partial charge in [-0.15, -0.1) is 24.8 Å². The maximum absolute atomic E-state index is 12.3. The second kappa shape index (κ2) is 9.08. The van der Waals surface area contributed by atoms with Gasteiger partial charge >= 0.3 is 0 Å². The Balaban J connectivity index is 0.00000171. The summed E-state index contributed by atoms with van der Waals surface area (Å²) in [5, 5.41) is 5.30. The van der Waals surface area contributed by atoms with E-state index in [1.807, 2.05) is 63.2 Å². The van der Waals surface area contributed by atoms with Crippen molar-refractivity contribution in [1.82, 2.24) is 4.57 Å². The molecular weight excluding hydrogens is 431 g/mol. The molecule has 5 nitrogen and oxygen atoms in total. The van der Waals surface area contributed by atoms with Crippen LogP contribution in [0.5, 0.6) is 0 Å². The number of carbonyl (C=O) groups excluding carboxylic acids is 1. The van der Waals surface area contributed by atoms with E-state index >= 15 is 0 Å². The van der Waals surface area contributed by atoms with Crippen LogP contribution in [0.15, 0.2) is 60.7 Å². The molecule has 0 spiro atoms. The van der Waals surface area contributed by atoms with Crippen molar-refractivity contribution in [3.8, 4) is 0 Å². The Morgan fingerprint density at radius 3 is 1.94 bits per heavy atom. The van der Waals surface area contributed by atoms with Gasteiger partial charge in [0.1, 0.15) is 0 Å². The molecule has 164 valence electrons. The Morgan fingerprint density at radius 2 is 1.42 bits per heavy atom. The third kappa shape index (κ3) is 4.89. The first-order chi connectivity index (χ1) is 13.7. The summed E-state index contributed by atoms with van der Waals surface area (Å²) in [4.78, 5) is 12.3. The minimum absolute atomic E-state index is 0. The fraction of sp³-hybridized carbons (Fsp3) is 0.208. The number of anilines is 3. The highest BCUT2D eigenvalue weighted by Gasteiger charge is 2.21. The fourth-order valence-electron chi connectivity index (χ4n) is 3.55. The van der Waals surface area contributed by atoms with Gasteiger partial charge in [-0.05, 0) is 42.0 Å². The van der Waals surface area contributed by atoms with Crippen LogP contribution in [0.25, 0.3) is 21.8 Å². The molecule has 0 radical (unpaired) electrons. The Kier molecular flexibility index (Phi) is 7.14. The predicted molar refractivity (Wildman–Crippen MR) is 136 cm³/mol. The van der Waals surface area contributed by atoms with Crippen molar-refractivity contribution in [3.05, 3.63) is 66.2 Å². The van der Waals surface area contributed by atoms with Gasteiger partial charge in [0.2, 0.25) is 5.91 Å². The summed E-state index contributed by atoms with van der Waals surface area (Å²) in [5.41, 5.74) is 17.1. The number of aromatic nitrogens is 1. The largest absolute Gasteiger partial charge is 0.399 e. The second-order valence-electron chi connectivity index (χ2n) is 8.54. The van der Waals surface area contributed by atoms with Crippen LogP contribution in [0.4, 0.5) is 17.1 Å². The molecule has 0 bridgehead atoms. The molecule has 0 saturated heterocycles. The first-order valence-electron chi connectivity index (χ1n) is 9.70. The third-order valence-electron chi connectivity index (χ3n) is 5.12. The number of rotatable bonds is 3. The van der Waals surface area contributed by atoms with E-state index in [1.54, 1.807) is 0 Å². The van der Waals surface area contributed by atoms with Crippen molar-refractivity contribution in [2.24, 2.45) is 5.41 Å². The number of nitrogens with two attached hydrogens (primary N) is 2. The topological polar surface area (TPSA) is 86.1 Å². The van der Waals surface area contributed by atoms with Gasteiger partial charge in [-0.2, -0.15) is 0 Å². The van der Waals surface area contributed by atoms with E-state index in [9.17, 15) is 4.79 Å². The molecule has 0 aliphatic rings. The van der Waals surface area contributed by atoms with Crippen molar-refractivity contribution >= 4 is 69.6 Å². The predicted octanol–water partition coefficient (Wildman–Crippen LogP) is 5.84. The van der Waals surface area contributed by atoms with Crippen molar-refractivity contribution in [3.63, 3.8) is 0 Å². The van der Waals surface area contributed by atoms with Gasteiger partial charge in [0.25, 0.3) is 0 Å². The first-order valence-corrected chi connectivity index (χ1v) is 9.70. The zero-order valence-electron chi connectivity index (χ0n) is 17.8. The average Bonchev–Trinajstić information content (AvgIpc) is 2.93. The highest BCUT2D eigenvalue weighted by Crippen LogP contribution is 2.32. The summed E-state index contributed by atoms with van der Waals surface area (Å²) >= 11 is 0. The number of nitrogens with one attached hydrogen (secondary N) is 1. The molecule has 1 aromatic heterocycles. The van der Waals surface area contributed by atoms with E-state index in [2.05, 4.69) is 28.1 Å². The first kappa shape index (κ1) is 24.4. The van der Waals surface area contributed by atoms with Crippen LogP contribution >= 0.6 is 24.8 Å².